The Morgan fingerprint density at radius 1 is 0.464 bits per heavy atom. The maximum atomic E-state index is 4.07. The summed E-state index contributed by atoms with van der Waals surface area (Å²) in [5.74, 6) is 0.408. The van der Waals surface area contributed by atoms with Gasteiger partial charge in [-0.05, 0) is 27.8 Å². The van der Waals surface area contributed by atoms with E-state index in [2.05, 4.69) is 122 Å². The van der Waals surface area contributed by atoms with Crippen LogP contribution in [0.2, 0.25) is 0 Å². The van der Waals surface area contributed by atoms with Gasteiger partial charge in [-0.15, -0.1) is 0 Å². The Hall–Kier alpha value is -3.38. The Kier molecular flexibility index (Phi) is 5.49. The van der Waals surface area contributed by atoms with Gasteiger partial charge >= 0.3 is 0 Å². The molecule has 0 heteroatoms. The van der Waals surface area contributed by atoms with Crippen molar-refractivity contribution >= 4 is 6.08 Å². The van der Waals surface area contributed by atoms with Crippen LogP contribution in [-0.2, 0) is 0 Å². The third-order valence-corrected chi connectivity index (χ3v) is 5.36. The SMILES string of the molecule is C=Cc1ccccc1C(c1ccccc1)C(c1ccccc1)c1ccccc1. The molecule has 0 aliphatic heterocycles. The highest BCUT2D eigenvalue weighted by Crippen LogP contribution is 2.43. The van der Waals surface area contributed by atoms with Crippen molar-refractivity contribution in [3.63, 3.8) is 0 Å². The minimum absolute atomic E-state index is 0.195. The van der Waals surface area contributed by atoms with Crippen molar-refractivity contribution in [2.24, 2.45) is 0 Å². The van der Waals surface area contributed by atoms with E-state index in [4.69, 9.17) is 0 Å². The average molecular weight is 361 g/mol. The summed E-state index contributed by atoms with van der Waals surface area (Å²) in [5.41, 5.74) is 6.45. The van der Waals surface area contributed by atoms with Gasteiger partial charge in [0, 0.05) is 11.8 Å². The van der Waals surface area contributed by atoms with Crippen molar-refractivity contribution < 1.29 is 0 Å². The summed E-state index contributed by atoms with van der Waals surface area (Å²) in [6.45, 7) is 4.07. The Bertz CT molecular complexity index is 978. The average Bonchev–Trinajstić information content (AvgIpc) is 2.79. The predicted molar refractivity (Wildman–Crippen MR) is 120 cm³/mol. The van der Waals surface area contributed by atoms with Crippen molar-refractivity contribution in [1.29, 1.82) is 0 Å². The molecule has 0 aliphatic carbocycles. The van der Waals surface area contributed by atoms with E-state index < -0.39 is 0 Å². The maximum Gasteiger partial charge on any atom is 0.0205 e. The van der Waals surface area contributed by atoms with Gasteiger partial charge in [-0.25, -0.2) is 0 Å². The standard InChI is InChI=1S/C28H24/c1-2-22-14-12-13-21-26(22)28(25-19-10-5-11-20-25)27(23-15-6-3-7-16-23)24-17-8-4-9-18-24/h2-21,27-28H,1H2. The van der Waals surface area contributed by atoms with Crippen LogP contribution in [0.5, 0.6) is 0 Å². The van der Waals surface area contributed by atoms with Crippen molar-refractivity contribution in [2.75, 3.05) is 0 Å². The summed E-state index contributed by atoms with van der Waals surface area (Å²) in [6.07, 6.45) is 1.97. The molecular weight excluding hydrogens is 336 g/mol. The van der Waals surface area contributed by atoms with E-state index in [0.29, 0.717) is 0 Å². The quantitative estimate of drug-likeness (QED) is 0.338. The molecule has 28 heavy (non-hydrogen) atoms. The minimum atomic E-state index is 0.195. The first-order valence-electron chi connectivity index (χ1n) is 9.74. The highest BCUT2D eigenvalue weighted by atomic mass is 14.3. The van der Waals surface area contributed by atoms with Gasteiger partial charge in [0.05, 0.1) is 0 Å². The summed E-state index contributed by atoms with van der Waals surface area (Å²) in [4.78, 5) is 0. The molecule has 0 radical (unpaired) electrons. The molecule has 0 saturated carbocycles. The van der Waals surface area contributed by atoms with Crippen molar-refractivity contribution in [1.82, 2.24) is 0 Å². The zero-order valence-electron chi connectivity index (χ0n) is 15.9. The third-order valence-electron chi connectivity index (χ3n) is 5.36. The zero-order chi connectivity index (χ0) is 19.2. The van der Waals surface area contributed by atoms with E-state index in [1.807, 2.05) is 6.08 Å². The van der Waals surface area contributed by atoms with Gasteiger partial charge in [0.1, 0.15) is 0 Å². The molecule has 0 aromatic heterocycles. The van der Waals surface area contributed by atoms with Crippen molar-refractivity contribution in [3.8, 4) is 0 Å². The molecule has 0 bridgehead atoms. The highest BCUT2D eigenvalue weighted by molar-refractivity contribution is 5.57. The first kappa shape index (κ1) is 18.0. The number of rotatable bonds is 6. The summed E-state index contributed by atoms with van der Waals surface area (Å²) >= 11 is 0. The molecule has 1 atom stereocenters. The molecule has 0 fully saturated rings. The molecular formula is C28H24. The fourth-order valence-corrected chi connectivity index (χ4v) is 4.09. The molecule has 0 N–H and O–H groups in total. The van der Waals surface area contributed by atoms with Crippen LogP contribution >= 0.6 is 0 Å². The first-order chi connectivity index (χ1) is 13.9. The van der Waals surface area contributed by atoms with Crippen LogP contribution in [0.15, 0.2) is 122 Å². The molecule has 0 heterocycles. The van der Waals surface area contributed by atoms with Gasteiger partial charge in [0.2, 0.25) is 0 Å². The number of hydrogen-bond acceptors (Lipinski definition) is 0. The van der Waals surface area contributed by atoms with E-state index in [9.17, 15) is 0 Å². The van der Waals surface area contributed by atoms with Gasteiger partial charge in [-0.2, -0.15) is 0 Å². The van der Waals surface area contributed by atoms with Gasteiger partial charge < -0.3 is 0 Å². The lowest BCUT2D eigenvalue weighted by molar-refractivity contribution is 0.693. The second-order valence-electron chi connectivity index (χ2n) is 7.02. The van der Waals surface area contributed by atoms with Crippen molar-refractivity contribution in [3.05, 3.63) is 150 Å². The van der Waals surface area contributed by atoms with E-state index in [1.165, 1.54) is 27.8 Å². The van der Waals surface area contributed by atoms with Crippen LogP contribution in [0.4, 0.5) is 0 Å². The van der Waals surface area contributed by atoms with Crippen molar-refractivity contribution in [2.45, 2.75) is 11.8 Å². The van der Waals surface area contributed by atoms with E-state index >= 15 is 0 Å². The Morgan fingerprint density at radius 3 is 1.32 bits per heavy atom. The van der Waals surface area contributed by atoms with E-state index in [-0.39, 0.29) is 11.8 Å². The second kappa shape index (κ2) is 8.54. The summed E-state index contributed by atoms with van der Waals surface area (Å²) in [5, 5.41) is 0. The Labute approximate surface area is 167 Å². The molecule has 4 aromatic rings. The number of hydrogen-bond donors (Lipinski definition) is 0. The molecule has 0 spiro atoms. The lowest BCUT2D eigenvalue weighted by Gasteiger charge is -2.30. The van der Waals surface area contributed by atoms with Gasteiger partial charge in [0.15, 0.2) is 0 Å². The van der Waals surface area contributed by atoms with Crippen LogP contribution in [0.3, 0.4) is 0 Å². The van der Waals surface area contributed by atoms with E-state index in [0.717, 1.165) is 0 Å². The molecule has 0 nitrogen and oxygen atoms in total. The van der Waals surface area contributed by atoms with Crippen LogP contribution in [-0.4, -0.2) is 0 Å². The van der Waals surface area contributed by atoms with Crippen LogP contribution in [0.1, 0.15) is 39.7 Å². The minimum Gasteiger partial charge on any atom is -0.0985 e. The topological polar surface area (TPSA) is 0 Å². The molecule has 1 unspecified atom stereocenters. The monoisotopic (exact) mass is 360 g/mol. The maximum absolute atomic E-state index is 4.07. The van der Waals surface area contributed by atoms with Gasteiger partial charge in [0.25, 0.3) is 0 Å². The Morgan fingerprint density at radius 2 is 0.857 bits per heavy atom. The molecule has 4 rings (SSSR count). The normalized spacial score (nSPS) is 11.9. The van der Waals surface area contributed by atoms with Gasteiger partial charge in [-0.1, -0.05) is 128 Å². The smallest absolute Gasteiger partial charge is 0.0205 e. The number of benzene rings is 4. The molecule has 136 valence electrons. The second-order valence-corrected chi connectivity index (χ2v) is 7.02. The fraction of sp³-hybridized carbons (Fsp3) is 0.0714. The van der Waals surface area contributed by atoms with Crippen LogP contribution in [0, 0.1) is 0 Å². The molecule has 0 amide bonds. The molecule has 0 aliphatic rings. The van der Waals surface area contributed by atoms with Crippen LogP contribution in [0.25, 0.3) is 6.08 Å². The molecule has 4 aromatic carbocycles. The highest BCUT2D eigenvalue weighted by Gasteiger charge is 2.29. The largest absolute Gasteiger partial charge is 0.0985 e. The van der Waals surface area contributed by atoms with Crippen LogP contribution < -0.4 is 0 Å². The predicted octanol–water partition coefficient (Wildman–Crippen LogP) is 7.29. The summed E-state index contributed by atoms with van der Waals surface area (Å²) in [7, 11) is 0. The first-order valence-corrected chi connectivity index (χ1v) is 9.74. The summed E-state index contributed by atoms with van der Waals surface area (Å²) < 4.78 is 0. The summed E-state index contributed by atoms with van der Waals surface area (Å²) in [6, 6.07) is 41.1. The Balaban J connectivity index is 1.98. The zero-order valence-corrected chi connectivity index (χ0v) is 15.9. The lowest BCUT2D eigenvalue weighted by Crippen LogP contribution is -2.15. The lowest BCUT2D eigenvalue weighted by atomic mass is 9.72. The van der Waals surface area contributed by atoms with E-state index in [1.54, 1.807) is 0 Å². The van der Waals surface area contributed by atoms with Gasteiger partial charge in [-0.3, -0.25) is 0 Å². The molecule has 0 saturated heterocycles. The fourth-order valence-electron chi connectivity index (χ4n) is 4.09. The third kappa shape index (κ3) is 3.68.